The van der Waals surface area contributed by atoms with E-state index in [1.165, 1.54) is 0 Å². The van der Waals surface area contributed by atoms with E-state index in [1.54, 1.807) is 6.07 Å². The van der Waals surface area contributed by atoms with Gasteiger partial charge >= 0.3 is 0 Å². The molecule has 0 aromatic heterocycles. The summed E-state index contributed by atoms with van der Waals surface area (Å²) in [5.74, 6) is 0. The Bertz CT molecular complexity index is 374. The largest absolute Gasteiger partial charge is 0.395 e. The van der Waals surface area contributed by atoms with Crippen LogP contribution in [0.1, 0.15) is 24.9 Å². The minimum absolute atomic E-state index is 0.135. The van der Waals surface area contributed by atoms with E-state index in [2.05, 4.69) is 11.8 Å². The second-order valence-corrected chi connectivity index (χ2v) is 4.98. The number of aliphatic hydroxyl groups is 1. The van der Waals surface area contributed by atoms with Crippen molar-refractivity contribution in [1.29, 1.82) is 0 Å². The van der Waals surface area contributed by atoms with Gasteiger partial charge in [-0.1, -0.05) is 42.3 Å². The normalized spacial score (nSPS) is 13.0. The lowest BCUT2D eigenvalue weighted by atomic mass is 10.0. The molecule has 0 aliphatic rings. The average molecular weight is 291 g/mol. The fourth-order valence-electron chi connectivity index (χ4n) is 1.85. The molecule has 102 valence electrons. The molecule has 1 atom stereocenters. The molecular weight excluding hydrogens is 271 g/mol. The predicted octanol–water partition coefficient (Wildman–Crippen LogP) is 2.70. The van der Waals surface area contributed by atoms with Crippen molar-refractivity contribution in [3.8, 4) is 0 Å². The summed E-state index contributed by atoms with van der Waals surface area (Å²) < 4.78 is 0. The van der Waals surface area contributed by atoms with Crippen LogP contribution in [0.25, 0.3) is 0 Å². The van der Waals surface area contributed by atoms with E-state index in [9.17, 15) is 0 Å². The number of rotatable bonds is 7. The molecule has 0 saturated heterocycles. The van der Waals surface area contributed by atoms with Crippen LogP contribution in [-0.4, -0.2) is 36.2 Å². The first-order valence-electron chi connectivity index (χ1n) is 6.12. The van der Waals surface area contributed by atoms with Gasteiger partial charge in [0.1, 0.15) is 0 Å². The molecule has 0 amide bonds. The molecule has 1 aromatic rings. The van der Waals surface area contributed by atoms with Crippen molar-refractivity contribution in [1.82, 2.24) is 4.90 Å². The number of halogens is 2. The highest BCUT2D eigenvalue weighted by Gasteiger charge is 2.13. The summed E-state index contributed by atoms with van der Waals surface area (Å²) in [4.78, 5) is 2.15. The molecule has 0 saturated carbocycles. The Hall–Kier alpha value is -0.320. The SMILES string of the molecule is CCN(CCO)CCC(N)c1cccc(Cl)c1Cl. The van der Waals surface area contributed by atoms with Crippen molar-refractivity contribution in [2.75, 3.05) is 26.2 Å². The topological polar surface area (TPSA) is 49.5 Å². The Morgan fingerprint density at radius 2 is 2.06 bits per heavy atom. The van der Waals surface area contributed by atoms with Crippen LogP contribution in [0.2, 0.25) is 10.0 Å². The maximum atomic E-state index is 8.92. The van der Waals surface area contributed by atoms with Gasteiger partial charge in [0.05, 0.1) is 16.7 Å². The van der Waals surface area contributed by atoms with Gasteiger partial charge in [-0.3, -0.25) is 0 Å². The van der Waals surface area contributed by atoms with E-state index in [4.69, 9.17) is 34.0 Å². The van der Waals surface area contributed by atoms with Gasteiger partial charge in [0, 0.05) is 19.1 Å². The summed E-state index contributed by atoms with van der Waals surface area (Å²) in [6, 6.07) is 5.38. The third-order valence-electron chi connectivity index (χ3n) is 3.00. The van der Waals surface area contributed by atoms with Crippen molar-refractivity contribution in [3.63, 3.8) is 0 Å². The van der Waals surface area contributed by atoms with Crippen LogP contribution in [-0.2, 0) is 0 Å². The molecule has 0 aliphatic heterocycles. The first-order chi connectivity index (χ1) is 8.60. The Labute approximate surface area is 118 Å². The molecule has 3 nitrogen and oxygen atoms in total. The molecule has 0 aliphatic carbocycles. The molecule has 3 N–H and O–H groups in total. The first kappa shape index (κ1) is 15.7. The van der Waals surface area contributed by atoms with Gasteiger partial charge in [-0.2, -0.15) is 0 Å². The van der Waals surface area contributed by atoms with Crippen LogP contribution in [0.15, 0.2) is 18.2 Å². The standard InChI is InChI=1S/C13H20Cl2N2O/c1-2-17(8-9-18)7-6-12(16)10-4-3-5-11(14)13(10)15/h3-5,12,18H,2,6-9,16H2,1H3. The fourth-order valence-corrected chi connectivity index (χ4v) is 2.30. The Morgan fingerprint density at radius 3 is 2.67 bits per heavy atom. The van der Waals surface area contributed by atoms with E-state index in [-0.39, 0.29) is 12.6 Å². The zero-order valence-electron chi connectivity index (χ0n) is 10.6. The van der Waals surface area contributed by atoms with Gasteiger partial charge in [0.25, 0.3) is 0 Å². The zero-order valence-corrected chi connectivity index (χ0v) is 12.1. The summed E-state index contributed by atoms with van der Waals surface area (Å²) in [5.41, 5.74) is 7.01. The highest BCUT2D eigenvalue weighted by molar-refractivity contribution is 6.42. The van der Waals surface area contributed by atoms with Gasteiger partial charge in [-0.15, -0.1) is 0 Å². The molecule has 1 unspecified atom stereocenters. The molecule has 1 aromatic carbocycles. The lowest BCUT2D eigenvalue weighted by Gasteiger charge is -2.22. The van der Waals surface area contributed by atoms with Gasteiger partial charge < -0.3 is 15.7 Å². The van der Waals surface area contributed by atoms with Gasteiger partial charge in [-0.05, 0) is 24.6 Å². The van der Waals surface area contributed by atoms with Crippen molar-refractivity contribution in [2.24, 2.45) is 5.73 Å². The zero-order chi connectivity index (χ0) is 13.5. The second-order valence-electron chi connectivity index (χ2n) is 4.20. The summed E-state index contributed by atoms with van der Waals surface area (Å²) in [6.45, 7) is 4.64. The number of hydrogen-bond donors (Lipinski definition) is 2. The molecule has 0 radical (unpaired) electrons. The molecule has 0 bridgehead atoms. The minimum Gasteiger partial charge on any atom is -0.395 e. The third kappa shape index (κ3) is 4.41. The van der Waals surface area contributed by atoms with Crippen molar-refractivity contribution in [2.45, 2.75) is 19.4 Å². The predicted molar refractivity (Wildman–Crippen MR) is 77.2 cm³/mol. The molecule has 5 heteroatoms. The van der Waals surface area contributed by atoms with Crippen LogP contribution >= 0.6 is 23.2 Å². The summed E-state index contributed by atoms with van der Waals surface area (Å²) in [7, 11) is 0. The molecule has 0 heterocycles. The maximum absolute atomic E-state index is 8.92. The van der Waals surface area contributed by atoms with Crippen molar-refractivity contribution in [3.05, 3.63) is 33.8 Å². The molecule has 0 spiro atoms. The Balaban J connectivity index is 2.59. The number of benzene rings is 1. The quantitative estimate of drug-likeness (QED) is 0.812. The average Bonchev–Trinajstić information content (AvgIpc) is 2.37. The van der Waals surface area contributed by atoms with Crippen LogP contribution in [0, 0.1) is 0 Å². The van der Waals surface area contributed by atoms with Crippen molar-refractivity contribution >= 4 is 23.2 Å². The number of nitrogens with zero attached hydrogens (tertiary/aromatic N) is 1. The molecular formula is C13H20Cl2N2O. The molecule has 18 heavy (non-hydrogen) atoms. The number of likely N-dealkylation sites (N-methyl/N-ethyl adjacent to an activating group) is 1. The van der Waals surface area contributed by atoms with Crippen LogP contribution in [0.5, 0.6) is 0 Å². The highest BCUT2D eigenvalue weighted by atomic mass is 35.5. The van der Waals surface area contributed by atoms with E-state index in [0.29, 0.717) is 16.6 Å². The smallest absolute Gasteiger partial charge is 0.0640 e. The molecule has 0 fully saturated rings. The van der Waals surface area contributed by atoms with Crippen LogP contribution in [0.3, 0.4) is 0 Å². The summed E-state index contributed by atoms with van der Waals surface area (Å²) in [6.07, 6.45) is 0.786. The second kappa shape index (κ2) is 7.97. The van der Waals surface area contributed by atoms with Crippen molar-refractivity contribution < 1.29 is 5.11 Å². The van der Waals surface area contributed by atoms with E-state index < -0.39 is 0 Å². The summed E-state index contributed by atoms with van der Waals surface area (Å²) in [5, 5.41) is 9.99. The highest BCUT2D eigenvalue weighted by Crippen LogP contribution is 2.30. The van der Waals surface area contributed by atoms with Gasteiger partial charge in [-0.25, -0.2) is 0 Å². The van der Waals surface area contributed by atoms with Gasteiger partial charge in [0.15, 0.2) is 0 Å². The number of hydrogen-bond acceptors (Lipinski definition) is 3. The Morgan fingerprint density at radius 1 is 1.33 bits per heavy atom. The van der Waals surface area contributed by atoms with E-state index in [0.717, 1.165) is 25.1 Å². The summed E-state index contributed by atoms with van der Waals surface area (Å²) >= 11 is 12.1. The first-order valence-corrected chi connectivity index (χ1v) is 6.88. The minimum atomic E-state index is -0.135. The monoisotopic (exact) mass is 290 g/mol. The van der Waals surface area contributed by atoms with Crippen LogP contribution in [0.4, 0.5) is 0 Å². The fraction of sp³-hybridized carbons (Fsp3) is 0.538. The maximum Gasteiger partial charge on any atom is 0.0640 e. The lowest BCUT2D eigenvalue weighted by Crippen LogP contribution is -2.30. The van der Waals surface area contributed by atoms with Gasteiger partial charge in [0.2, 0.25) is 0 Å². The Kier molecular flexibility index (Phi) is 6.97. The van der Waals surface area contributed by atoms with E-state index >= 15 is 0 Å². The number of nitrogens with two attached hydrogens (primary N) is 1. The molecule has 1 rings (SSSR count). The van der Waals surface area contributed by atoms with Crippen LogP contribution < -0.4 is 5.73 Å². The number of aliphatic hydroxyl groups excluding tert-OH is 1. The third-order valence-corrected chi connectivity index (χ3v) is 3.83. The van der Waals surface area contributed by atoms with E-state index in [1.807, 2.05) is 12.1 Å². The lowest BCUT2D eigenvalue weighted by molar-refractivity contribution is 0.198.